The largest absolute Gasteiger partial charge is 0.459 e. The van der Waals surface area contributed by atoms with Crippen molar-refractivity contribution < 1.29 is 14.0 Å². The van der Waals surface area contributed by atoms with Crippen molar-refractivity contribution in [1.29, 1.82) is 0 Å². The highest BCUT2D eigenvalue weighted by Crippen LogP contribution is 2.30. The molecular formula is C21H21N3O3. The third-order valence-corrected chi connectivity index (χ3v) is 4.14. The van der Waals surface area contributed by atoms with Gasteiger partial charge in [-0.05, 0) is 36.4 Å². The van der Waals surface area contributed by atoms with Gasteiger partial charge in [-0.2, -0.15) is 0 Å². The molecule has 6 heteroatoms. The highest BCUT2D eigenvalue weighted by molar-refractivity contribution is 5.99. The van der Waals surface area contributed by atoms with Crippen LogP contribution < -0.4 is 10.2 Å². The van der Waals surface area contributed by atoms with E-state index in [1.165, 1.54) is 11.2 Å². The molecule has 0 saturated heterocycles. The highest BCUT2D eigenvalue weighted by Gasteiger charge is 2.18. The summed E-state index contributed by atoms with van der Waals surface area (Å²) in [5, 5.41) is 2.89. The van der Waals surface area contributed by atoms with Gasteiger partial charge in [-0.15, -0.1) is 0 Å². The molecule has 2 amide bonds. The van der Waals surface area contributed by atoms with Gasteiger partial charge in [-0.3, -0.25) is 9.59 Å². The van der Waals surface area contributed by atoms with Crippen LogP contribution in [-0.4, -0.2) is 37.4 Å². The summed E-state index contributed by atoms with van der Waals surface area (Å²) in [6.07, 6.45) is 1.43. The Kier molecular flexibility index (Phi) is 5.56. The molecule has 0 fully saturated rings. The number of hydrogen-bond donors (Lipinski definition) is 1. The van der Waals surface area contributed by atoms with Gasteiger partial charge < -0.3 is 19.5 Å². The maximum atomic E-state index is 12.5. The number of amides is 2. The molecule has 3 rings (SSSR count). The van der Waals surface area contributed by atoms with E-state index >= 15 is 0 Å². The Bertz CT molecular complexity index is 907. The second kappa shape index (κ2) is 8.23. The molecule has 3 aromatic rings. The van der Waals surface area contributed by atoms with Gasteiger partial charge in [0, 0.05) is 19.8 Å². The van der Waals surface area contributed by atoms with Gasteiger partial charge in [0.05, 0.1) is 24.2 Å². The lowest BCUT2D eigenvalue weighted by Crippen LogP contribution is -2.35. The van der Waals surface area contributed by atoms with Crippen molar-refractivity contribution in [2.75, 3.05) is 30.9 Å². The Morgan fingerprint density at radius 3 is 2.33 bits per heavy atom. The Hall–Kier alpha value is -3.54. The number of nitrogens with one attached hydrogen (secondary N) is 1. The first kappa shape index (κ1) is 18.3. The fourth-order valence-corrected chi connectivity index (χ4v) is 2.73. The number of para-hydroxylation sites is 3. The molecule has 138 valence electrons. The van der Waals surface area contributed by atoms with Crippen molar-refractivity contribution in [1.82, 2.24) is 4.90 Å². The standard InChI is InChI=1S/C21H21N3O3/c1-23(21(26)19-13-8-14-27-19)15-20(25)22-17-11-6-7-12-18(17)24(2)16-9-4-3-5-10-16/h3-14H,15H2,1-2H3,(H,22,25). The van der Waals surface area contributed by atoms with E-state index in [9.17, 15) is 9.59 Å². The molecule has 1 aromatic heterocycles. The van der Waals surface area contributed by atoms with Crippen molar-refractivity contribution in [3.05, 3.63) is 78.8 Å². The number of benzene rings is 2. The van der Waals surface area contributed by atoms with Gasteiger partial charge in [-0.1, -0.05) is 30.3 Å². The topological polar surface area (TPSA) is 65.8 Å². The first-order valence-corrected chi connectivity index (χ1v) is 8.53. The molecule has 0 unspecified atom stereocenters. The molecule has 6 nitrogen and oxygen atoms in total. The van der Waals surface area contributed by atoms with E-state index in [0.717, 1.165) is 11.4 Å². The molecule has 1 heterocycles. The van der Waals surface area contributed by atoms with Gasteiger partial charge in [0.1, 0.15) is 0 Å². The minimum Gasteiger partial charge on any atom is -0.459 e. The van der Waals surface area contributed by atoms with Crippen LogP contribution in [0.25, 0.3) is 0 Å². The number of nitrogens with zero attached hydrogens (tertiary/aromatic N) is 2. The van der Waals surface area contributed by atoms with Crippen molar-refractivity contribution in [2.24, 2.45) is 0 Å². The van der Waals surface area contributed by atoms with Gasteiger partial charge in [0.25, 0.3) is 5.91 Å². The van der Waals surface area contributed by atoms with Crippen LogP contribution in [0.4, 0.5) is 17.1 Å². The Balaban J connectivity index is 1.70. The lowest BCUT2D eigenvalue weighted by atomic mass is 10.2. The summed E-state index contributed by atoms with van der Waals surface area (Å²) < 4.78 is 5.09. The fourth-order valence-electron chi connectivity index (χ4n) is 2.73. The lowest BCUT2D eigenvalue weighted by molar-refractivity contribution is -0.116. The van der Waals surface area contributed by atoms with Crippen LogP contribution >= 0.6 is 0 Å². The normalized spacial score (nSPS) is 10.3. The van der Waals surface area contributed by atoms with E-state index in [0.29, 0.717) is 5.69 Å². The number of hydrogen-bond acceptors (Lipinski definition) is 4. The molecule has 0 aliphatic rings. The smallest absolute Gasteiger partial charge is 0.289 e. The zero-order valence-corrected chi connectivity index (χ0v) is 15.3. The monoisotopic (exact) mass is 363 g/mol. The Morgan fingerprint density at radius 1 is 0.926 bits per heavy atom. The van der Waals surface area contributed by atoms with Crippen molar-refractivity contribution in [2.45, 2.75) is 0 Å². The third kappa shape index (κ3) is 4.36. The van der Waals surface area contributed by atoms with Crippen LogP contribution in [0, 0.1) is 0 Å². The number of furan rings is 1. The van der Waals surface area contributed by atoms with Gasteiger partial charge in [-0.25, -0.2) is 0 Å². The number of carbonyl (C=O) groups is 2. The molecule has 0 radical (unpaired) electrons. The highest BCUT2D eigenvalue weighted by atomic mass is 16.3. The summed E-state index contributed by atoms with van der Waals surface area (Å²) in [6.45, 7) is -0.0804. The summed E-state index contributed by atoms with van der Waals surface area (Å²) in [5.41, 5.74) is 2.54. The predicted octanol–water partition coefficient (Wildman–Crippen LogP) is 3.76. The molecule has 27 heavy (non-hydrogen) atoms. The van der Waals surface area contributed by atoms with E-state index in [-0.39, 0.29) is 24.1 Å². The fraction of sp³-hybridized carbons (Fsp3) is 0.143. The maximum absolute atomic E-state index is 12.5. The first-order valence-electron chi connectivity index (χ1n) is 8.53. The molecular weight excluding hydrogens is 342 g/mol. The molecule has 0 bridgehead atoms. The van der Waals surface area contributed by atoms with Crippen LogP contribution in [0.5, 0.6) is 0 Å². The van der Waals surface area contributed by atoms with Crippen molar-refractivity contribution in [3.8, 4) is 0 Å². The average Bonchev–Trinajstić information content (AvgIpc) is 3.22. The van der Waals surface area contributed by atoms with E-state index in [4.69, 9.17) is 4.42 Å². The van der Waals surface area contributed by atoms with Crippen molar-refractivity contribution >= 4 is 28.9 Å². The van der Waals surface area contributed by atoms with Crippen LogP contribution in [0.2, 0.25) is 0 Å². The number of likely N-dealkylation sites (N-methyl/N-ethyl adjacent to an activating group) is 1. The second-order valence-electron chi connectivity index (χ2n) is 6.10. The zero-order chi connectivity index (χ0) is 19.2. The summed E-state index contributed by atoms with van der Waals surface area (Å²) in [4.78, 5) is 28.0. The SMILES string of the molecule is CN(CC(=O)Nc1ccccc1N(C)c1ccccc1)C(=O)c1ccco1. The summed E-state index contributed by atoms with van der Waals surface area (Å²) >= 11 is 0. The molecule has 0 spiro atoms. The molecule has 1 N–H and O–H groups in total. The van der Waals surface area contributed by atoms with Crippen LogP contribution in [-0.2, 0) is 4.79 Å². The minimum absolute atomic E-state index is 0.0804. The van der Waals surface area contributed by atoms with Gasteiger partial charge in [0.2, 0.25) is 5.91 Å². The Labute approximate surface area is 158 Å². The maximum Gasteiger partial charge on any atom is 0.289 e. The summed E-state index contributed by atoms with van der Waals surface area (Å²) in [7, 11) is 3.50. The van der Waals surface area contributed by atoms with E-state index < -0.39 is 0 Å². The van der Waals surface area contributed by atoms with Crippen LogP contribution in [0.15, 0.2) is 77.4 Å². The quantitative estimate of drug-likeness (QED) is 0.724. The number of carbonyl (C=O) groups excluding carboxylic acids is 2. The van der Waals surface area contributed by atoms with Crippen LogP contribution in [0.1, 0.15) is 10.6 Å². The van der Waals surface area contributed by atoms with E-state index in [1.54, 1.807) is 19.2 Å². The number of anilines is 3. The predicted molar refractivity (Wildman–Crippen MR) is 105 cm³/mol. The molecule has 0 atom stereocenters. The van der Waals surface area contributed by atoms with E-state index in [2.05, 4.69) is 5.32 Å². The Morgan fingerprint density at radius 2 is 1.63 bits per heavy atom. The van der Waals surface area contributed by atoms with E-state index in [1.807, 2.05) is 66.5 Å². The lowest BCUT2D eigenvalue weighted by Gasteiger charge is -2.23. The summed E-state index contributed by atoms with van der Waals surface area (Å²) in [5.74, 6) is -0.425. The molecule has 0 aliphatic carbocycles. The van der Waals surface area contributed by atoms with Crippen molar-refractivity contribution in [3.63, 3.8) is 0 Å². The van der Waals surface area contributed by atoms with Gasteiger partial charge >= 0.3 is 0 Å². The first-order chi connectivity index (χ1) is 13.1. The average molecular weight is 363 g/mol. The number of rotatable bonds is 6. The third-order valence-electron chi connectivity index (χ3n) is 4.14. The molecule has 2 aromatic carbocycles. The summed E-state index contributed by atoms with van der Waals surface area (Å²) in [6, 6.07) is 20.6. The molecule has 0 saturated carbocycles. The van der Waals surface area contributed by atoms with Crippen LogP contribution in [0.3, 0.4) is 0 Å². The second-order valence-corrected chi connectivity index (χ2v) is 6.10. The molecule has 0 aliphatic heterocycles. The zero-order valence-electron chi connectivity index (χ0n) is 15.3. The minimum atomic E-state index is -0.343. The van der Waals surface area contributed by atoms with Gasteiger partial charge in [0.15, 0.2) is 5.76 Å².